The molecule has 2 rings (SSSR count). The van der Waals surface area contributed by atoms with Gasteiger partial charge >= 0.3 is 12.0 Å². The Morgan fingerprint density at radius 3 is 2.52 bits per heavy atom. The zero-order valence-electron chi connectivity index (χ0n) is 13.6. The molecule has 0 aromatic heterocycles. The Morgan fingerprint density at radius 1 is 1.26 bits per heavy atom. The Bertz CT molecular complexity index is 557. The third kappa shape index (κ3) is 4.89. The minimum absolute atomic E-state index is 0.0799. The Kier molecular flexibility index (Phi) is 6.33. The molecule has 0 atom stereocenters. The second-order valence-electron chi connectivity index (χ2n) is 6.00. The first-order chi connectivity index (χ1) is 11.0. The molecule has 1 aromatic carbocycles. The molecule has 1 aliphatic rings. The SMILES string of the molecule is CSc1ccccc1CN(C)C(=O)NC1CCC(C(=O)O)CC1. The Hall–Kier alpha value is -1.69. The van der Waals surface area contributed by atoms with Crippen LogP contribution >= 0.6 is 11.8 Å². The molecular formula is C17H24N2O3S. The fraction of sp³-hybridized carbons (Fsp3) is 0.529. The molecule has 0 radical (unpaired) electrons. The molecule has 2 N–H and O–H groups in total. The van der Waals surface area contributed by atoms with E-state index in [4.69, 9.17) is 5.11 Å². The van der Waals surface area contributed by atoms with Crippen molar-refractivity contribution in [1.29, 1.82) is 0 Å². The number of hydrogen-bond acceptors (Lipinski definition) is 3. The van der Waals surface area contributed by atoms with E-state index in [1.165, 1.54) is 4.90 Å². The van der Waals surface area contributed by atoms with Gasteiger partial charge in [0.1, 0.15) is 0 Å². The van der Waals surface area contributed by atoms with Gasteiger partial charge in [-0.1, -0.05) is 18.2 Å². The van der Waals surface area contributed by atoms with Crippen LogP contribution in [0, 0.1) is 5.92 Å². The van der Waals surface area contributed by atoms with Gasteiger partial charge in [0.2, 0.25) is 0 Å². The number of amides is 2. The molecule has 23 heavy (non-hydrogen) atoms. The highest BCUT2D eigenvalue weighted by atomic mass is 32.2. The van der Waals surface area contributed by atoms with Crippen LogP contribution in [-0.2, 0) is 11.3 Å². The lowest BCUT2D eigenvalue weighted by atomic mass is 9.86. The van der Waals surface area contributed by atoms with Gasteiger partial charge in [-0.05, 0) is 43.6 Å². The normalized spacial score (nSPS) is 20.8. The van der Waals surface area contributed by atoms with E-state index in [-0.39, 0.29) is 18.0 Å². The summed E-state index contributed by atoms with van der Waals surface area (Å²) < 4.78 is 0. The maximum Gasteiger partial charge on any atom is 0.317 e. The maximum absolute atomic E-state index is 12.3. The zero-order chi connectivity index (χ0) is 16.8. The third-order valence-corrected chi connectivity index (χ3v) is 5.19. The lowest BCUT2D eigenvalue weighted by Gasteiger charge is -2.29. The minimum Gasteiger partial charge on any atom is -0.481 e. The van der Waals surface area contributed by atoms with Crippen molar-refractivity contribution in [2.75, 3.05) is 13.3 Å². The van der Waals surface area contributed by atoms with E-state index in [2.05, 4.69) is 11.4 Å². The maximum atomic E-state index is 12.3. The number of carboxylic acids is 1. The zero-order valence-corrected chi connectivity index (χ0v) is 14.4. The quantitative estimate of drug-likeness (QED) is 0.810. The Morgan fingerprint density at radius 2 is 1.91 bits per heavy atom. The van der Waals surface area contributed by atoms with Gasteiger partial charge in [0.15, 0.2) is 0 Å². The molecule has 1 fully saturated rings. The van der Waals surface area contributed by atoms with E-state index in [0.29, 0.717) is 19.4 Å². The van der Waals surface area contributed by atoms with Crippen molar-refractivity contribution in [2.45, 2.75) is 43.2 Å². The number of benzene rings is 1. The molecule has 0 heterocycles. The number of carbonyl (C=O) groups excluding carboxylic acids is 1. The van der Waals surface area contributed by atoms with Crippen molar-refractivity contribution in [2.24, 2.45) is 5.92 Å². The van der Waals surface area contributed by atoms with Crippen LogP contribution in [0.4, 0.5) is 4.79 Å². The molecular weight excluding hydrogens is 312 g/mol. The van der Waals surface area contributed by atoms with Crippen LogP contribution in [-0.4, -0.2) is 41.4 Å². The summed E-state index contributed by atoms with van der Waals surface area (Å²) in [6.45, 7) is 0.563. The van der Waals surface area contributed by atoms with E-state index in [9.17, 15) is 9.59 Å². The minimum atomic E-state index is -0.722. The van der Waals surface area contributed by atoms with Gasteiger partial charge in [0, 0.05) is 24.5 Å². The second kappa shape index (κ2) is 8.24. The van der Waals surface area contributed by atoms with Crippen LogP contribution in [0.1, 0.15) is 31.2 Å². The Labute approximate surface area is 141 Å². The lowest BCUT2D eigenvalue weighted by Crippen LogP contribution is -2.44. The van der Waals surface area contributed by atoms with E-state index >= 15 is 0 Å². The first-order valence-electron chi connectivity index (χ1n) is 7.87. The predicted molar refractivity (Wildman–Crippen MR) is 91.6 cm³/mol. The van der Waals surface area contributed by atoms with Gasteiger partial charge < -0.3 is 15.3 Å². The molecule has 0 spiro atoms. The number of aliphatic carboxylic acids is 1. The summed E-state index contributed by atoms with van der Waals surface area (Å²) in [7, 11) is 1.79. The third-order valence-electron chi connectivity index (χ3n) is 4.35. The van der Waals surface area contributed by atoms with Crippen molar-refractivity contribution in [3.8, 4) is 0 Å². The summed E-state index contributed by atoms with van der Waals surface area (Å²) in [6, 6.07) is 8.05. The highest BCUT2D eigenvalue weighted by Crippen LogP contribution is 2.25. The number of nitrogens with one attached hydrogen (secondary N) is 1. The van der Waals surface area contributed by atoms with Crippen LogP contribution in [0.15, 0.2) is 29.2 Å². The van der Waals surface area contributed by atoms with Crippen LogP contribution in [0.3, 0.4) is 0 Å². The highest BCUT2D eigenvalue weighted by molar-refractivity contribution is 7.98. The topological polar surface area (TPSA) is 69.6 Å². The van der Waals surface area contributed by atoms with E-state index < -0.39 is 5.97 Å². The van der Waals surface area contributed by atoms with Gasteiger partial charge in [-0.15, -0.1) is 11.8 Å². The van der Waals surface area contributed by atoms with Gasteiger partial charge in [0.05, 0.1) is 5.92 Å². The summed E-state index contributed by atoms with van der Waals surface area (Å²) in [6.07, 6.45) is 4.77. The second-order valence-corrected chi connectivity index (χ2v) is 6.85. The number of carboxylic acid groups (broad SMARTS) is 1. The average Bonchev–Trinajstić information content (AvgIpc) is 2.55. The average molecular weight is 336 g/mol. The molecule has 1 saturated carbocycles. The summed E-state index contributed by atoms with van der Waals surface area (Å²) in [5.74, 6) is -0.977. The van der Waals surface area contributed by atoms with Crippen molar-refractivity contribution >= 4 is 23.8 Å². The number of urea groups is 1. The number of thioether (sulfide) groups is 1. The molecule has 126 valence electrons. The van der Waals surface area contributed by atoms with E-state index in [0.717, 1.165) is 18.4 Å². The molecule has 6 heteroatoms. The molecule has 1 aliphatic carbocycles. The van der Waals surface area contributed by atoms with Gasteiger partial charge in [-0.2, -0.15) is 0 Å². The smallest absolute Gasteiger partial charge is 0.317 e. The van der Waals surface area contributed by atoms with Crippen LogP contribution in [0.5, 0.6) is 0 Å². The first-order valence-corrected chi connectivity index (χ1v) is 9.10. The molecule has 1 aromatic rings. The fourth-order valence-electron chi connectivity index (χ4n) is 2.93. The van der Waals surface area contributed by atoms with Crippen LogP contribution in [0.2, 0.25) is 0 Å². The molecule has 5 nitrogen and oxygen atoms in total. The summed E-state index contributed by atoms with van der Waals surface area (Å²) in [4.78, 5) is 26.1. The molecule has 2 amide bonds. The lowest BCUT2D eigenvalue weighted by molar-refractivity contribution is -0.142. The van der Waals surface area contributed by atoms with Crippen molar-refractivity contribution in [3.05, 3.63) is 29.8 Å². The molecule has 0 saturated heterocycles. The van der Waals surface area contributed by atoms with Gasteiger partial charge in [0.25, 0.3) is 0 Å². The summed E-state index contributed by atoms with van der Waals surface area (Å²) >= 11 is 1.67. The highest BCUT2D eigenvalue weighted by Gasteiger charge is 2.27. The number of nitrogens with zero attached hydrogens (tertiary/aromatic N) is 1. The van der Waals surface area contributed by atoms with Crippen LogP contribution in [0.25, 0.3) is 0 Å². The van der Waals surface area contributed by atoms with Crippen molar-refractivity contribution in [1.82, 2.24) is 10.2 Å². The first kappa shape index (κ1) is 17.7. The summed E-state index contributed by atoms with van der Waals surface area (Å²) in [5.41, 5.74) is 1.13. The van der Waals surface area contributed by atoms with Gasteiger partial charge in [-0.3, -0.25) is 4.79 Å². The number of hydrogen-bond donors (Lipinski definition) is 2. The number of rotatable bonds is 5. The summed E-state index contributed by atoms with van der Waals surface area (Å²) in [5, 5.41) is 12.0. The van der Waals surface area contributed by atoms with Gasteiger partial charge in [-0.25, -0.2) is 4.79 Å². The molecule has 0 aliphatic heterocycles. The fourth-order valence-corrected chi connectivity index (χ4v) is 3.54. The van der Waals surface area contributed by atoms with Crippen LogP contribution < -0.4 is 5.32 Å². The van der Waals surface area contributed by atoms with E-state index in [1.54, 1.807) is 23.7 Å². The van der Waals surface area contributed by atoms with E-state index in [1.807, 2.05) is 24.5 Å². The number of carbonyl (C=O) groups is 2. The Balaban J connectivity index is 1.85. The monoisotopic (exact) mass is 336 g/mol. The molecule has 0 unspecified atom stereocenters. The van der Waals surface area contributed by atoms with Crippen molar-refractivity contribution in [3.63, 3.8) is 0 Å². The molecule has 0 bridgehead atoms. The largest absolute Gasteiger partial charge is 0.481 e. The predicted octanol–water partition coefficient (Wildman–Crippen LogP) is 3.19. The standard InChI is InChI=1S/C17H24N2O3S/c1-19(11-13-5-3-4-6-15(13)23-2)17(22)18-14-9-7-12(8-10-14)16(20)21/h3-6,12,14H,7-11H2,1-2H3,(H,18,22)(H,20,21). The van der Waals surface area contributed by atoms with Crippen molar-refractivity contribution < 1.29 is 14.7 Å².